The number of aromatic amines is 1. The first-order chi connectivity index (χ1) is 41.9. The molecule has 1 amide bonds. The quantitative estimate of drug-likeness (QED) is 0.0766. The first-order valence-electron chi connectivity index (χ1n) is 30.2. The number of aryl methyl sites for hydroxylation is 1. The molecule has 1 saturated carbocycles. The van der Waals surface area contributed by atoms with E-state index in [1.807, 2.05) is 36.7 Å². The number of morpholine rings is 2. The van der Waals surface area contributed by atoms with E-state index in [9.17, 15) is 23.3 Å². The van der Waals surface area contributed by atoms with E-state index in [1.165, 1.54) is 17.2 Å². The van der Waals surface area contributed by atoms with Gasteiger partial charge in [-0.15, -0.1) is 0 Å². The SMILES string of the molecule is COc1cc(CN2CCN(C3CC4(CCN(c5ccc(C(=O)NS(=O)(=O)c6cc7c(c([N+](=O)[O-])c6)N[C@H](CN6CCOCC6)CO7)c(N6c7cc8cc[nH]c8nc7O[C@H]7COCC[C@@H]76)c5)CC4)C3)[C@H](c3ccccc3C)C2)cnc1N1CCOCC1. The molecule has 7 aliphatic heterocycles. The van der Waals surface area contributed by atoms with Crippen LogP contribution in [0.5, 0.6) is 17.4 Å². The molecule has 24 heteroatoms. The molecule has 23 nitrogen and oxygen atoms in total. The average molecular weight is 1200 g/mol. The summed E-state index contributed by atoms with van der Waals surface area (Å²) in [5, 5.41) is 16.7. The maximum Gasteiger partial charge on any atom is 0.297 e. The Bertz CT molecular complexity index is 3640. The predicted molar refractivity (Wildman–Crippen MR) is 323 cm³/mol. The minimum atomic E-state index is -4.72. The van der Waals surface area contributed by atoms with Crippen molar-refractivity contribution in [2.24, 2.45) is 5.41 Å². The van der Waals surface area contributed by atoms with Crippen LogP contribution in [0.4, 0.5) is 34.3 Å². The Morgan fingerprint density at radius 2 is 1.67 bits per heavy atom. The van der Waals surface area contributed by atoms with Crippen molar-refractivity contribution in [1.29, 1.82) is 0 Å². The number of sulfonamides is 1. The number of nitrogens with zero attached hydrogens (tertiary/aromatic N) is 9. The van der Waals surface area contributed by atoms with E-state index in [2.05, 4.69) is 81.7 Å². The molecular weight excluding hydrogens is 1120 g/mol. The van der Waals surface area contributed by atoms with E-state index in [1.54, 1.807) is 13.2 Å². The van der Waals surface area contributed by atoms with Crippen LogP contribution in [0, 0.1) is 22.5 Å². The number of piperidine rings is 1. The Balaban J connectivity index is 0.709. The standard InChI is InChI=1S/C62H74N12O11S/c1-40-5-3-4-6-47(40)53-37-69(35-41-27-55(80-2)59(64-34-41)71-20-25-82-26-21-71)16-17-72(53)45-32-62(33-45)11-14-70(15-12-62)44-7-8-48(50(29-44)73-49-10-22-83-39-56(49)85-61-52(73)28-42-9-13-63-58(42)66-61)60(75)67-86(78,79)46-30-51(74(76)77)57-54(31-46)84-38-43(65-57)36-68-18-23-81-24-19-68/h3-9,13,27-31,34,43,45,49,53,56,65H,10-12,14-26,32-33,35-39H2,1-2H3,(H,63,66)(H,67,75)/t43-,49+,53+,56+/m1/s1. The van der Waals surface area contributed by atoms with E-state index < -0.39 is 37.5 Å². The van der Waals surface area contributed by atoms with Crippen molar-refractivity contribution in [2.45, 2.75) is 80.7 Å². The van der Waals surface area contributed by atoms with Crippen LogP contribution >= 0.6 is 0 Å². The first-order valence-corrected chi connectivity index (χ1v) is 31.7. The zero-order chi connectivity index (χ0) is 58.7. The highest BCUT2D eigenvalue weighted by atomic mass is 32.2. The number of nitro benzene ring substituents is 1. The Morgan fingerprint density at radius 1 is 0.872 bits per heavy atom. The van der Waals surface area contributed by atoms with Crippen molar-refractivity contribution in [1.82, 2.24) is 34.4 Å². The summed E-state index contributed by atoms with van der Waals surface area (Å²) in [7, 11) is -3.00. The van der Waals surface area contributed by atoms with E-state index in [0.717, 1.165) is 125 Å². The number of carbonyl (C=O) groups is 1. The zero-order valence-corrected chi connectivity index (χ0v) is 49.5. The number of methoxy groups -OCH3 is 1. The van der Waals surface area contributed by atoms with Gasteiger partial charge in [-0.05, 0) is 97.5 Å². The number of pyridine rings is 2. The lowest BCUT2D eigenvalue weighted by Gasteiger charge is -2.58. The molecule has 4 atom stereocenters. The van der Waals surface area contributed by atoms with Crippen molar-refractivity contribution in [2.75, 3.05) is 139 Å². The fourth-order valence-electron chi connectivity index (χ4n) is 14.5. The Kier molecular flexibility index (Phi) is 15.4. The second-order valence-corrected chi connectivity index (χ2v) is 26.0. The van der Waals surface area contributed by atoms with Gasteiger partial charge in [0.2, 0.25) is 5.88 Å². The molecule has 5 saturated heterocycles. The highest BCUT2D eigenvalue weighted by Gasteiger charge is 2.50. The summed E-state index contributed by atoms with van der Waals surface area (Å²) in [5.41, 5.74) is 6.37. The van der Waals surface area contributed by atoms with Crippen LogP contribution in [-0.4, -0.2) is 192 Å². The summed E-state index contributed by atoms with van der Waals surface area (Å²) >= 11 is 0. The molecule has 0 bridgehead atoms. The number of nitro groups is 1. The van der Waals surface area contributed by atoms with E-state index in [-0.39, 0.29) is 53.8 Å². The van der Waals surface area contributed by atoms with Gasteiger partial charge in [0.05, 0.1) is 73.3 Å². The third kappa shape index (κ3) is 11.0. The molecule has 1 aliphatic carbocycles. The molecule has 3 aromatic heterocycles. The second kappa shape index (κ2) is 23.4. The molecule has 6 aromatic rings. The number of nitrogens with one attached hydrogen (secondary N) is 3. The minimum Gasteiger partial charge on any atom is -0.493 e. The van der Waals surface area contributed by atoms with E-state index in [4.69, 9.17) is 38.4 Å². The summed E-state index contributed by atoms with van der Waals surface area (Å²) < 4.78 is 66.8. The largest absolute Gasteiger partial charge is 0.493 e. The molecule has 1 spiro atoms. The molecule has 0 radical (unpaired) electrons. The molecule has 8 aliphatic rings. The van der Waals surface area contributed by atoms with E-state index in [0.29, 0.717) is 74.9 Å². The zero-order valence-electron chi connectivity index (χ0n) is 48.7. The third-order valence-electron chi connectivity index (χ3n) is 19.1. The first kappa shape index (κ1) is 56.5. The van der Waals surface area contributed by atoms with Crippen LogP contribution in [-0.2, 0) is 30.8 Å². The van der Waals surface area contributed by atoms with Gasteiger partial charge in [0.25, 0.3) is 21.6 Å². The summed E-state index contributed by atoms with van der Waals surface area (Å²) in [4.78, 5) is 53.7. The molecule has 86 heavy (non-hydrogen) atoms. The number of anilines is 5. The summed E-state index contributed by atoms with van der Waals surface area (Å²) in [6.45, 7) is 14.5. The summed E-state index contributed by atoms with van der Waals surface area (Å²) in [5.74, 6) is 1.14. The smallest absolute Gasteiger partial charge is 0.297 e. The number of benzene rings is 3. The van der Waals surface area contributed by atoms with Gasteiger partial charge in [-0.3, -0.25) is 29.6 Å². The molecule has 454 valence electrons. The highest BCUT2D eigenvalue weighted by Crippen LogP contribution is 2.54. The highest BCUT2D eigenvalue weighted by molar-refractivity contribution is 7.90. The number of fused-ring (bicyclic) bond motifs is 4. The van der Waals surface area contributed by atoms with Crippen LogP contribution < -0.4 is 38.9 Å². The summed E-state index contributed by atoms with van der Waals surface area (Å²) in [6, 6.07) is 22.8. The van der Waals surface area contributed by atoms with Crippen LogP contribution in [0.1, 0.15) is 65.2 Å². The third-order valence-corrected chi connectivity index (χ3v) is 20.4. The lowest BCUT2D eigenvalue weighted by atomic mass is 9.59. The topological polar surface area (TPSA) is 235 Å². The van der Waals surface area contributed by atoms with Crippen LogP contribution in [0.3, 0.4) is 0 Å². The molecule has 3 aromatic carbocycles. The number of carbonyl (C=O) groups excluding carboxylic acids is 1. The van der Waals surface area contributed by atoms with Crippen LogP contribution in [0.15, 0.2) is 90.1 Å². The number of piperazine rings is 1. The van der Waals surface area contributed by atoms with Crippen molar-refractivity contribution in [3.8, 4) is 17.4 Å². The minimum absolute atomic E-state index is 0.0117. The monoisotopic (exact) mass is 1190 g/mol. The van der Waals surface area contributed by atoms with Gasteiger partial charge in [0.15, 0.2) is 23.0 Å². The Morgan fingerprint density at radius 3 is 2.47 bits per heavy atom. The van der Waals surface area contributed by atoms with Gasteiger partial charge >= 0.3 is 0 Å². The van der Waals surface area contributed by atoms with Gasteiger partial charge in [0, 0.05) is 126 Å². The van der Waals surface area contributed by atoms with Gasteiger partial charge in [-0.25, -0.2) is 18.1 Å². The number of amides is 1. The average Bonchev–Trinajstić information content (AvgIpc) is 1.25. The van der Waals surface area contributed by atoms with Gasteiger partial charge < -0.3 is 53.4 Å². The second-order valence-electron chi connectivity index (χ2n) is 24.3. The normalized spacial score (nSPS) is 23.7. The van der Waals surface area contributed by atoms with Crippen molar-refractivity contribution in [3.63, 3.8) is 0 Å². The Hall–Kier alpha value is -7.32. The van der Waals surface area contributed by atoms with Crippen LogP contribution in [0.25, 0.3) is 11.0 Å². The van der Waals surface area contributed by atoms with Gasteiger partial charge in [-0.2, -0.15) is 4.98 Å². The molecule has 14 rings (SSSR count). The maximum absolute atomic E-state index is 15.0. The van der Waals surface area contributed by atoms with Crippen molar-refractivity contribution >= 4 is 61.2 Å². The number of hydrogen-bond acceptors (Lipinski definition) is 20. The van der Waals surface area contributed by atoms with E-state index >= 15 is 0 Å². The fourth-order valence-corrected chi connectivity index (χ4v) is 15.5. The summed E-state index contributed by atoms with van der Waals surface area (Å²) in [6.07, 6.45) is 8.17. The molecule has 10 heterocycles. The maximum atomic E-state index is 15.0. The van der Waals surface area contributed by atoms with Gasteiger partial charge in [0.1, 0.15) is 24.0 Å². The number of ether oxygens (including phenoxy) is 6. The fraction of sp³-hybridized carbons (Fsp3) is 0.500. The number of rotatable bonds is 14. The molecule has 3 N–H and O–H groups in total. The van der Waals surface area contributed by atoms with Crippen molar-refractivity contribution in [3.05, 3.63) is 118 Å². The molecular formula is C62H74N12O11S. The lowest BCUT2D eigenvalue weighted by molar-refractivity contribution is -0.384. The van der Waals surface area contributed by atoms with Crippen LogP contribution in [0.2, 0.25) is 0 Å². The van der Waals surface area contributed by atoms with Crippen molar-refractivity contribution < 1.29 is 46.6 Å². The Labute approximate surface area is 500 Å². The van der Waals surface area contributed by atoms with Gasteiger partial charge in [-0.1, -0.05) is 24.3 Å². The predicted octanol–water partition coefficient (Wildman–Crippen LogP) is 6.64. The lowest BCUT2D eigenvalue weighted by Crippen LogP contribution is -2.59. The molecule has 0 unspecified atom stereocenters. The number of aromatic nitrogens is 3. The number of hydrogen-bond donors (Lipinski definition) is 3. The number of H-pyrrole nitrogens is 1. The molecule has 6 fully saturated rings.